The van der Waals surface area contributed by atoms with E-state index >= 15 is 0 Å². The number of rotatable bonds is 6. The van der Waals surface area contributed by atoms with Crippen LogP contribution in [0.25, 0.3) is 0 Å². The van der Waals surface area contributed by atoms with Gasteiger partial charge >= 0.3 is 5.97 Å². The average Bonchev–Trinajstić information content (AvgIpc) is 3.05. The van der Waals surface area contributed by atoms with Crippen molar-refractivity contribution in [1.29, 1.82) is 0 Å². The Hall–Kier alpha value is -3.74. The summed E-state index contributed by atoms with van der Waals surface area (Å²) in [6.45, 7) is 2.82. The van der Waals surface area contributed by atoms with Gasteiger partial charge in [-0.25, -0.2) is 4.79 Å². The van der Waals surface area contributed by atoms with Gasteiger partial charge in [-0.1, -0.05) is 23.4 Å². The maximum atomic E-state index is 12.2. The fourth-order valence-electron chi connectivity index (χ4n) is 2.59. The van der Waals surface area contributed by atoms with Gasteiger partial charge in [0.15, 0.2) is 12.4 Å². The van der Waals surface area contributed by atoms with Crippen molar-refractivity contribution in [3.8, 4) is 0 Å². The lowest BCUT2D eigenvalue weighted by atomic mass is 10.1. The van der Waals surface area contributed by atoms with E-state index in [-0.39, 0.29) is 17.3 Å². The zero-order valence-electron chi connectivity index (χ0n) is 15.4. The summed E-state index contributed by atoms with van der Waals surface area (Å²) < 4.78 is 9.97. The number of hydrogen-bond donors (Lipinski definition) is 1. The van der Waals surface area contributed by atoms with Crippen molar-refractivity contribution in [2.75, 3.05) is 11.9 Å². The molecule has 0 radical (unpaired) electrons. The highest BCUT2D eigenvalue weighted by atomic mass is 16.5. The first-order chi connectivity index (χ1) is 13.5. The Morgan fingerprint density at radius 2 is 1.64 bits per heavy atom. The Kier molecular flexibility index (Phi) is 5.64. The summed E-state index contributed by atoms with van der Waals surface area (Å²) in [4.78, 5) is 36.4. The molecule has 1 N–H and O–H groups in total. The van der Waals surface area contributed by atoms with Crippen LogP contribution in [0.1, 0.15) is 42.5 Å². The standard InChI is InChI=1S/C21H18N2O5/c1-13-19(14(2)28-23-13)21(26)27-12-18(24)15-8-10-17(11-9-15)22-20(25)16-6-4-3-5-7-16/h3-11H,12H2,1-2H3,(H,22,25). The Morgan fingerprint density at radius 3 is 2.25 bits per heavy atom. The van der Waals surface area contributed by atoms with Crippen molar-refractivity contribution in [1.82, 2.24) is 5.16 Å². The lowest BCUT2D eigenvalue weighted by molar-refractivity contribution is 0.0472. The van der Waals surface area contributed by atoms with Crippen LogP contribution in [0.2, 0.25) is 0 Å². The molecule has 28 heavy (non-hydrogen) atoms. The molecule has 3 rings (SSSR count). The monoisotopic (exact) mass is 378 g/mol. The van der Waals surface area contributed by atoms with Crippen LogP contribution >= 0.6 is 0 Å². The van der Waals surface area contributed by atoms with E-state index in [0.717, 1.165) is 0 Å². The number of anilines is 1. The predicted octanol–water partition coefficient (Wildman–Crippen LogP) is 3.58. The number of carbonyl (C=O) groups is 3. The largest absolute Gasteiger partial charge is 0.454 e. The van der Waals surface area contributed by atoms with Gasteiger partial charge in [0.1, 0.15) is 11.3 Å². The molecule has 0 unspecified atom stereocenters. The van der Waals surface area contributed by atoms with Crippen LogP contribution in [-0.4, -0.2) is 29.4 Å². The molecule has 7 heteroatoms. The average molecular weight is 378 g/mol. The van der Waals surface area contributed by atoms with Gasteiger partial charge in [0.2, 0.25) is 0 Å². The van der Waals surface area contributed by atoms with Gasteiger partial charge in [-0.2, -0.15) is 0 Å². The molecular formula is C21H18N2O5. The van der Waals surface area contributed by atoms with Crippen molar-refractivity contribution in [2.24, 2.45) is 0 Å². The summed E-state index contributed by atoms with van der Waals surface area (Å²) in [5.74, 6) is -0.918. The predicted molar refractivity (Wildman–Crippen MR) is 101 cm³/mol. The van der Waals surface area contributed by atoms with Gasteiger partial charge in [0.05, 0.1) is 5.69 Å². The molecule has 0 aliphatic heterocycles. The summed E-state index contributed by atoms with van der Waals surface area (Å²) in [7, 11) is 0. The second-order valence-electron chi connectivity index (χ2n) is 6.10. The Morgan fingerprint density at radius 1 is 0.964 bits per heavy atom. The lowest BCUT2D eigenvalue weighted by Gasteiger charge is -2.07. The first kappa shape index (κ1) is 19.0. The highest BCUT2D eigenvalue weighted by molar-refractivity contribution is 6.05. The molecule has 0 saturated carbocycles. The summed E-state index contributed by atoms with van der Waals surface area (Å²) in [5.41, 5.74) is 2.09. The molecule has 3 aromatic rings. The van der Waals surface area contributed by atoms with E-state index in [1.54, 1.807) is 62.4 Å². The topological polar surface area (TPSA) is 98.5 Å². The number of hydrogen-bond acceptors (Lipinski definition) is 6. The molecule has 0 aliphatic rings. The zero-order valence-corrected chi connectivity index (χ0v) is 15.4. The molecule has 1 amide bonds. The molecule has 142 valence electrons. The Labute approximate surface area is 161 Å². The van der Waals surface area contributed by atoms with Crippen LogP contribution in [0.5, 0.6) is 0 Å². The molecule has 0 bridgehead atoms. The maximum absolute atomic E-state index is 12.2. The van der Waals surface area contributed by atoms with Crippen molar-refractivity contribution in [3.05, 3.63) is 82.7 Å². The molecule has 2 aromatic carbocycles. The van der Waals surface area contributed by atoms with Crippen molar-refractivity contribution in [3.63, 3.8) is 0 Å². The first-order valence-corrected chi connectivity index (χ1v) is 8.55. The molecule has 0 saturated heterocycles. The van der Waals surface area contributed by atoms with Crippen LogP contribution < -0.4 is 5.32 Å². The summed E-state index contributed by atoms with van der Waals surface area (Å²) in [6, 6.07) is 15.2. The smallest absolute Gasteiger partial charge is 0.344 e. The number of benzene rings is 2. The highest BCUT2D eigenvalue weighted by Crippen LogP contribution is 2.15. The van der Waals surface area contributed by atoms with Crippen molar-refractivity contribution >= 4 is 23.3 Å². The van der Waals surface area contributed by atoms with Gasteiger partial charge in [-0.3, -0.25) is 9.59 Å². The van der Waals surface area contributed by atoms with E-state index in [0.29, 0.717) is 28.3 Å². The Bertz CT molecular complexity index is 988. The van der Waals surface area contributed by atoms with Crippen LogP contribution in [0.4, 0.5) is 5.69 Å². The SMILES string of the molecule is Cc1noc(C)c1C(=O)OCC(=O)c1ccc(NC(=O)c2ccccc2)cc1. The number of aryl methyl sites for hydroxylation is 2. The van der Waals surface area contributed by atoms with Crippen LogP contribution in [0, 0.1) is 13.8 Å². The first-order valence-electron chi connectivity index (χ1n) is 8.55. The van der Waals surface area contributed by atoms with E-state index in [1.165, 1.54) is 0 Å². The molecule has 0 spiro atoms. The minimum atomic E-state index is -0.656. The highest BCUT2D eigenvalue weighted by Gasteiger charge is 2.20. The van der Waals surface area contributed by atoms with E-state index < -0.39 is 12.6 Å². The minimum Gasteiger partial charge on any atom is -0.454 e. The number of ketones is 1. The van der Waals surface area contributed by atoms with Crippen LogP contribution in [0.3, 0.4) is 0 Å². The second-order valence-corrected chi connectivity index (χ2v) is 6.10. The number of esters is 1. The van der Waals surface area contributed by atoms with Crippen molar-refractivity contribution < 1.29 is 23.6 Å². The number of amides is 1. The number of nitrogens with one attached hydrogen (secondary N) is 1. The molecular weight excluding hydrogens is 360 g/mol. The fraction of sp³-hybridized carbons (Fsp3) is 0.143. The van der Waals surface area contributed by atoms with Crippen molar-refractivity contribution in [2.45, 2.75) is 13.8 Å². The third kappa shape index (κ3) is 4.32. The molecule has 1 aromatic heterocycles. The molecule has 7 nitrogen and oxygen atoms in total. The van der Waals surface area contributed by atoms with Gasteiger partial charge < -0.3 is 14.6 Å². The normalized spacial score (nSPS) is 10.4. The molecule has 0 atom stereocenters. The third-order valence-electron chi connectivity index (χ3n) is 4.07. The Balaban J connectivity index is 1.58. The summed E-state index contributed by atoms with van der Waals surface area (Å²) in [6.07, 6.45) is 0. The van der Waals surface area contributed by atoms with Gasteiger partial charge in [0.25, 0.3) is 5.91 Å². The van der Waals surface area contributed by atoms with E-state index in [2.05, 4.69) is 10.5 Å². The fourth-order valence-corrected chi connectivity index (χ4v) is 2.59. The molecule has 0 aliphatic carbocycles. The number of nitrogens with zero attached hydrogens (tertiary/aromatic N) is 1. The molecule has 1 heterocycles. The number of ether oxygens (including phenoxy) is 1. The molecule has 0 fully saturated rings. The van der Waals surface area contributed by atoms with Crippen LogP contribution in [-0.2, 0) is 4.74 Å². The summed E-state index contributed by atoms with van der Waals surface area (Å²) >= 11 is 0. The quantitative estimate of drug-likeness (QED) is 0.520. The van der Waals surface area contributed by atoms with Crippen LogP contribution in [0.15, 0.2) is 59.1 Å². The zero-order chi connectivity index (χ0) is 20.1. The summed E-state index contributed by atoms with van der Waals surface area (Å²) in [5, 5.41) is 6.44. The van der Waals surface area contributed by atoms with E-state index in [4.69, 9.17) is 9.26 Å². The van der Waals surface area contributed by atoms with Gasteiger partial charge in [0, 0.05) is 16.8 Å². The third-order valence-corrected chi connectivity index (χ3v) is 4.07. The lowest BCUT2D eigenvalue weighted by Crippen LogP contribution is -2.15. The number of carbonyl (C=O) groups excluding carboxylic acids is 3. The van der Waals surface area contributed by atoms with E-state index in [9.17, 15) is 14.4 Å². The maximum Gasteiger partial charge on any atom is 0.344 e. The van der Waals surface area contributed by atoms with E-state index in [1.807, 2.05) is 6.07 Å². The minimum absolute atomic E-state index is 0.228. The number of aromatic nitrogens is 1. The van der Waals surface area contributed by atoms with Gasteiger partial charge in [-0.15, -0.1) is 0 Å². The van der Waals surface area contributed by atoms with Gasteiger partial charge in [-0.05, 0) is 50.2 Å². The second kappa shape index (κ2) is 8.30. The number of Topliss-reactive ketones (excluding diaryl/α,β-unsaturated/α-hetero) is 1.